The van der Waals surface area contributed by atoms with Crippen molar-refractivity contribution in [2.45, 2.75) is 65.5 Å². The van der Waals surface area contributed by atoms with Crippen molar-refractivity contribution < 1.29 is 0 Å². The Bertz CT molecular complexity index is 174. The molecule has 2 heteroatoms. The van der Waals surface area contributed by atoms with Crippen molar-refractivity contribution in [2.75, 3.05) is 19.6 Å². The van der Waals surface area contributed by atoms with Gasteiger partial charge in [0.1, 0.15) is 0 Å². The summed E-state index contributed by atoms with van der Waals surface area (Å²) in [5.74, 6) is 0.732. The normalized spacial score (nSPS) is 19.9. The van der Waals surface area contributed by atoms with Crippen molar-refractivity contribution in [1.82, 2.24) is 10.2 Å². The second-order valence-corrected chi connectivity index (χ2v) is 5.43. The van der Waals surface area contributed by atoms with Crippen molar-refractivity contribution >= 4 is 0 Å². The summed E-state index contributed by atoms with van der Waals surface area (Å²) in [5.41, 5.74) is 0. The van der Waals surface area contributed by atoms with E-state index >= 15 is 0 Å². The first kappa shape index (κ1) is 14.0. The summed E-state index contributed by atoms with van der Waals surface area (Å²) in [6.07, 6.45) is 5.72. The van der Waals surface area contributed by atoms with E-state index in [1.165, 1.54) is 38.8 Å². The van der Waals surface area contributed by atoms with Gasteiger partial charge in [0.15, 0.2) is 0 Å². The molecule has 1 fully saturated rings. The van der Waals surface area contributed by atoms with E-state index in [4.69, 9.17) is 0 Å². The second kappa shape index (κ2) is 7.29. The van der Waals surface area contributed by atoms with E-state index in [9.17, 15) is 0 Å². The van der Waals surface area contributed by atoms with E-state index in [1.54, 1.807) is 0 Å². The van der Waals surface area contributed by atoms with Gasteiger partial charge in [0, 0.05) is 18.6 Å². The van der Waals surface area contributed by atoms with E-state index in [0.29, 0.717) is 6.04 Å². The summed E-state index contributed by atoms with van der Waals surface area (Å²) in [4.78, 5) is 2.69. The Hall–Kier alpha value is -0.0800. The summed E-state index contributed by atoms with van der Waals surface area (Å²) in [6.45, 7) is 12.7. The highest BCUT2D eigenvalue weighted by molar-refractivity contribution is 4.81. The molecule has 0 bridgehead atoms. The fourth-order valence-corrected chi connectivity index (χ4v) is 2.83. The van der Waals surface area contributed by atoms with E-state index in [1.807, 2.05) is 0 Å². The zero-order chi connectivity index (χ0) is 12.0. The predicted octanol–water partition coefficient (Wildman–Crippen LogP) is 2.89. The first-order valence-electron chi connectivity index (χ1n) is 7.16. The van der Waals surface area contributed by atoms with Gasteiger partial charge in [-0.05, 0) is 31.8 Å². The van der Waals surface area contributed by atoms with Crippen molar-refractivity contribution in [1.29, 1.82) is 0 Å². The Morgan fingerprint density at radius 3 is 2.25 bits per heavy atom. The molecule has 16 heavy (non-hydrogen) atoms. The first-order valence-corrected chi connectivity index (χ1v) is 7.16. The number of hydrogen-bond acceptors (Lipinski definition) is 2. The standard InChI is InChI=1S/C14H30N2/c1-5-15-14(12(3)4)11-16(6-2)13-9-7-8-10-13/h12-15H,5-11H2,1-4H3. The van der Waals surface area contributed by atoms with Crippen LogP contribution in [0.3, 0.4) is 0 Å². The smallest absolute Gasteiger partial charge is 0.0217 e. The molecule has 2 nitrogen and oxygen atoms in total. The highest BCUT2D eigenvalue weighted by Gasteiger charge is 2.24. The number of nitrogens with one attached hydrogen (secondary N) is 1. The van der Waals surface area contributed by atoms with Crippen LogP contribution in [-0.4, -0.2) is 36.6 Å². The molecule has 0 heterocycles. The maximum atomic E-state index is 3.63. The Morgan fingerprint density at radius 2 is 1.81 bits per heavy atom. The van der Waals surface area contributed by atoms with E-state index in [-0.39, 0.29) is 0 Å². The van der Waals surface area contributed by atoms with Gasteiger partial charge in [-0.2, -0.15) is 0 Å². The molecule has 96 valence electrons. The Labute approximate surface area is 102 Å². The van der Waals surface area contributed by atoms with E-state index < -0.39 is 0 Å². The van der Waals surface area contributed by atoms with Gasteiger partial charge in [0.2, 0.25) is 0 Å². The number of likely N-dealkylation sites (N-methyl/N-ethyl adjacent to an activating group) is 2. The molecule has 0 radical (unpaired) electrons. The quantitative estimate of drug-likeness (QED) is 0.718. The van der Waals surface area contributed by atoms with Gasteiger partial charge in [-0.3, -0.25) is 4.90 Å². The maximum absolute atomic E-state index is 3.63. The van der Waals surface area contributed by atoms with Crippen molar-refractivity contribution in [3.05, 3.63) is 0 Å². The van der Waals surface area contributed by atoms with Gasteiger partial charge < -0.3 is 5.32 Å². The average molecular weight is 226 g/mol. The lowest BCUT2D eigenvalue weighted by Crippen LogP contribution is -2.47. The second-order valence-electron chi connectivity index (χ2n) is 5.43. The molecule has 1 aliphatic carbocycles. The van der Waals surface area contributed by atoms with Crippen molar-refractivity contribution in [3.8, 4) is 0 Å². The minimum atomic E-state index is 0.658. The van der Waals surface area contributed by atoms with Crippen LogP contribution >= 0.6 is 0 Å². The molecule has 0 aromatic rings. The third-order valence-electron chi connectivity index (χ3n) is 3.95. The Balaban J connectivity index is 2.45. The van der Waals surface area contributed by atoms with Crippen LogP contribution < -0.4 is 5.32 Å². The van der Waals surface area contributed by atoms with Crippen LogP contribution in [0, 0.1) is 5.92 Å². The van der Waals surface area contributed by atoms with Crippen LogP contribution in [0.25, 0.3) is 0 Å². The fourth-order valence-electron chi connectivity index (χ4n) is 2.83. The van der Waals surface area contributed by atoms with Crippen LogP contribution in [0.5, 0.6) is 0 Å². The number of rotatable bonds is 7. The topological polar surface area (TPSA) is 15.3 Å². The summed E-state index contributed by atoms with van der Waals surface area (Å²) < 4.78 is 0. The van der Waals surface area contributed by atoms with Crippen molar-refractivity contribution in [2.24, 2.45) is 5.92 Å². The highest BCUT2D eigenvalue weighted by Crippen LogP contribution is 2.23. The molecule has 0 amide bonds. The molecule has 1 unspecified atom stereocenters. The number of hydrogen-bond donors (Lipinski definition) is 1. The molecular formula is C14H30N2. The zero-order valence-corrected chi connectivity index (χ0v) is 11.6. The molecule has 1 atom stereocenters. The third-order valence-corrected chi connectivity index (χ3v) is 3.95. The molecule has 1 aliphatic rings. The molecule has 1 N–H and O–H groups in total. The summed E-state index contributed by atoms with van der Waals surface area (Å²) >= 11 is 0. The monoisotopic (exact) mass is 226 g/mol. The minimum Gasteiger partial charge on any atom is -0.313 e. The summed E-state index contributed by atoms with van der Waals surface area (Å²) in [7, 11) is 0. The maximum Gasteiger partial charge on any atom is 0.0217 e. The Morgan fingerprint density at radius 1 is 1.19 bits per heavy atom. The van der Waals surface area contributed by atoms with Gasteiger partial charge >= 0.3 is 0 Å². The molecule has 0 aromatic heterocycles. The summed E-state index contributed by atoms with van der Waals surface area (Å²) in [5, 5.41) is 3.63. The van der Waals surface area contributed by atoms with E-state index in [2.05, 4.69) is 37.9 Å². The number of nitrogens with zero attached hydrogens (tertiary/aromatic N) is 1. The minimum absolute atomic E-state index is 0.658. The highest BCUT2D eigenvalue weighted by atomic mass is 15.2. The summed E-state index contributed by atoms with van der Waals surface area (Å²) in [6, 6.07) is 1.52. The Kier molecular flexibility index (Phi) is 6.37. The molecule has 0 aromatic carbocycles. The zero-order valence-electron chi connectivity index (χ0n) is 11.6. The van der Waals surface area contributed by atoms with Gasteiger partial charge in [-0.15, -0.1) is 0 Å². The van der Waals surface area contributed by atoms with Crippen LogP contribution in [0.15, 0.2) is 0 Å². The van der Waals surface area contributed by atoms with Crippen LogP contribution in [-0.2, 0) is 0 Å². The van der Waals surface area contributed by atoms with E-state index in [0.717, 1.165) is 18.5 Å². The predicted molar refractivity (Wildman–Crippen MR) is 71.8 cm³/mol. The van der Waals surface area contributed by atoms with Crippen molar-refractivity contribution in [3.63, 3.8) is 0 Å². The van der Waals surface area contributed by atoms with Gasteiger partial charge in [0.05, 0.1) is 0 Å². The molecule has 0 saturated heterocycles. The SMILES string of the molecule is CCNC(CN(CC)C1CCCC1)C(C)C. The molecule has 1 saturated carbocycles. The molecule has 0 aliphatic heterocycles. The largest absolute Gasteiger partial charge is 0.313 e. The third kappa shape index (κ3) is 4.06. The molecule has 1 rings (SSSR count). The fraction of sp³-hybridized carbons (Fsp3) is 1.00. The molecular weight excluding hydrogens is 196 g/mol. The lowest BCUT2D eigenvalue weighted by molar-refractivity contribution is 0.171. The average Bonchev–Trinajstić information content (AvgIpc) is 2.77. The van der Waals surface area contributed by atoms with Crippen LogP contribution in [0.1, 0.15) is 53.4 Å². The van der Waals surface area contributed by atoms with Crippen LogP contribution in [0.2, 0.25) is 0 Å². The van der Waals surface area contributed by atoms with Gasteiger partial charge in [-0.25, -0.2) is 0 Å². The van der Waals surface area contributed by atoms with Gasteiger partial charge in [0.25, 0.3) is 0 Å². The molecule has 0 spiro atoms. The van der Waals surface area contributed by atoms with Crippen LogP contribution in [0.4, 0.5) is 0 Å². The lowest BCUT2D eigenvalue weighted by Gasteiger charge is -2.33. The van der Waals surface area contributed by atoms with Gasteiger partial charge in [-0.1, -0.05) is 40.5 Å². The lowest BCUT2D eigenvalue weighted by atomic mass is 10.0. The first-order chi connectivity index (χ1) is 7.69.